The third kappa shape index (κ3) is 5.42. The van der Waals surface area contributed by atoms with Gasteiger partial charge in [0.15, 0.2) is 0 Å². The van der Waals surface area contributed by atoms with E-state index in [1.165, 1.54) is 4.31 Å². The van der Waals surface area contributed by atoms with Gasteiger partial charge in [-0.05, 0) is 60.2 Å². The first kappa shape index (κ1) is 23.8. The van der Waals surface area contributed by atoms with Crippen molar-refractivity contribution in [1.82, 2.24) is 0 Å². The molecule has 34 heavy (non-hydrogen) atoms. The summed E-state index contributed by atoms with van der Waals surface area (Å²) in [6, 6.07) is 28.7. The van der Waals surface area contributed by atoms with Crippen LogP contribution in [0.25, 0.3) is 0 Å². The van der Waals surface area contributed by atoms with Crippen LogP contribution in [0.2, 0.25) is 10.0 Å². The molecule has 5 nitrogen and oxygen atoms in total. The molecule has 4 aromatic rings. The van der Waals surface area contributed by atoms with Crippen LogP contribution >= 0.6 is 23.2 Å². The van der Waals surface area contributed by atoms with Gasteiger partial charge in [0.05, 0.1) is 27.8 Å². The Hall–Kier alpha value is -3.32. The number of halogens is 2. The van der Waals surface area contributed by atoms with Gasteiger partial charge in [-0.25, -0.2) is 8.42 Å². The topological polar surface area (TPSA) is 66.5 Å². The first-order chi connectivity index (χ1) is 16.3. The quantitative estimate of drug-likeness (QED) is 0.303. The molecule has 4 aromatic carbocycles. The Bertz CT molecular complexity index is 1400. The molecule has 0 aliphatic carbocycles. The highest BCUT2D eigenvalue weighted by atomic mass is 35.5. The van der Waals surface area contributed by atoms with E-state index in [9.17, 15) is 13.2 Å². The number of hydrogen-bond acceptors (Lipinski definition) is 3. The molecule has 172 valence electrons. The van der Waals surface area contributed by atoms with Crippen LogP contribution in [0.3, 0.4) is 0 Å². The lowest BCUT2D eigenvalue weighted by Crippen LogP contribution is -2.30. The van der Waals surface area contributed by atoms with E-state index < -0.39 is 10.0 Å². The van der Waals surface area contributed by atoms with Crippen LogP contribution in [0.1, 0.15) is 15.9 Å². The second-order valence-corrected chi connectivity index (χ2v) is 10.1. The first-order valence-electron chi connectivity index (χ1n) is 10.3. The van der Waals surface area contributed by atoms with Crippen molar-refractivity contribution in [3.05, 3.63) is 124 Å². The number of hydrogen-bond donors (Lipinski definition) is 1. The molecule has 0 heterocycles. The van der Waals surface area contributed by atoms with Gasteiger partial charge in [-0.3, -0.25) is 9.10 Å². The summed E-state index contributed by atoms with van der Waals surface area (Å²) in [4.78, 5) is 12.9. The summed E-state index contributed by atoms with van der Waals surface area (Å²) in [5.41, 5.74) is 2.08. The predicted molar refractivity (Wildman–Crippen MR) is 137 cm³/mol. The van der Waals surface area contributed by atoms with Crippen molar-refractivity contribution in [1.29, 1.82) is 0 Å². The van der Waals surface area contributed by atoms with Gasteiger partial charge in [-0.15, -0.1) is 0 Å². The first-order valence-corrected chi connectivity index (χ1v) is 12.5. The Morgan fingerprint density at radius 2 is 1.41 bits per heavy atom. The molecular weight excluding hydrogens is 491 g/mol. The molecule has 0 aromatic heterocycles. The largest absolute Gasteiger partial charge is 0.321 e. The average molecular weight is 511 g/mol. The maximum absolute atomic E-state index is 13.4. The Morgan fingerprint density at radius 3 is 2.06 bits per heavy atom. The second kappa shape index (κ2) is 10.3. The lowest BCUT2D eigenvalue weighted by molar-refractivity contribution is 0.102. The van der Waals surface area contributed by atoms with Crippen LogP contribution < -0.4 is 9.62 Å². The molecule has 0 aliphatic rings. The summed E-state index contributed by atoms with van der Waals surface area (Å²) in [6.07, 6.45) is 0. The molecule has 0 saturated heterocycles. The number of benzene rings is 4. The molecule has 1 amide bonds. The van der Waals surface area contributed by atoms with E-state index >= 15 is 0 Å². The number of anilines is 2. The smallest absolute Gasteiger partial charge is 0.264 e. The van der Waals surface area contributed by atoms with E-state index in [2.05, 4.69) is 5.32 Å². The van der Waals surface area contributed by atoms with E-state index in [0.717, 1.165) is 5.56 Å². The Labute approximate surface area is 208 Å². The highest BCUT2D eigenvalue weighted by Gasteiger charge is 2.25. The maximum atomic E-state index is 13.4. The van der Waals surface area contributed by atoms with Gasteiger partial charge in [-0.2, -0.15) is 0 Å². The fourth-order valence-corrected chi connectivity index (χ4v) is 5.15. The van der Waals surface area contributed by atoms with Crippen LogP contribution in [0.4, 0.5) is 11.4 Å². The third-order valence-corrected chi connectivity index (χ3v) is 7.45. The fraction of sp³-hybridized carbons (Fsp3) is 0.0385. The van der Waals surface area contributed by atoms with Crippen molar-refractivity contribution in [2.75, 3.05) is 9.62 Å². The van der Waals surface area contributed by atoms with Gasteiger partial charge in [-0.1, -0.05) is 71.7 Å². The second-order valence-electron chi connectivity index (χ2n) is 7.44. The van der Waals surface area contributed by atoms with Gasteiger partial charge in [0.25, 0.3) is 15.9 Å². The molecule has 0 unspecified atom stereocenters. The zero-order valence-electron chi connectivity index (χ0n) is 17.9. The minimum absolute atomic E-state index is 0.100. The van der Waals surface area contributed by atoms with Crippen LogP contribution in [-0.2, 0) is 16.6 Å². The van der Waals surface area contributed by atoms with E-state index in [4.69, 9.17) is 23.2 Å². The minimum Gasteiger partial charge on any atom is -0.321 e. The van der Waals surface area contributed by atoms with Crippen LogP contribution in [0.15, 0.2) is 108 Å². The standard InChI is InChI=1S/C26H20Cl2N2O3S/c27-21-15-16-24(28)25(17-21)29-26(31)20-13-11-19(12-14-20)18-30(22-7-3-1-4-8-22)34(32,33)23-9-5-2-6-10-23/h1-17H,18H2,(H,29,31). The lowest BCUT2D eigenvalue weighted by Gasteiger charge is -2.25. The number of sulfonamides is 1. The summed E-state index contributed by atoms with van der Waals surface area (Å²) in [5, 5.41) is 3.57. The number of rotatable bonds is 7. The number of para-hydroxylation sites is 1. The van der Waals surface area contributed by atoms with Crippen LogP contribution in [-0.4, -0.2) is 14.3 Å². The highest BCUT2D eigenvalue weighted by Crippen LogP contribution is 2.27. The minimum atomic E-state index is -3.80. The fourth-order valence-electron chi connectivity index (χ4n) is 3.34. The zero-order chi connectivity index (χ0) is 24.1. The van der Waals surface area contributed by atoms with Crippen molar-refractivity contribution in [2.45, 2.75) is 11.4 Å². The lowest BCUT2D eigenvalue weighted by atomic mass is 10.1. The third-order valence-electron chi connectivity index (χ3n) is 5.09. The molecule has 4 rings (SSSR count). The van der Waals surface area contributed by atoms with Gasteiger partial charge < -0.3 is 5.32 Å². The number of nitrogens with zero attached hydrogens (tertiary/aromatic N) is 1. The normalized spacial score (nSPS) is 11.1. The predicted octanol–water partition coefficient (Wildman–Crippen LogP) is 6.64. The number of amides is 1. The summed E-state index contributed by atoms with van der Waals surface area (Å²) >= 11 is 12.1. The molecule has 8 heteroatoms. The SMILES string of the molecule is O=C(Nc1cc(Cl)ccc1Cl)c1ccc(CN(c2ccccc2)S(=O)(=O)c2ccccc2)cc1. The summed E-state index contributed by atoms with van der Waals surface area (Å²) in [6.45, 7) is 0.100. The molecule has 0 spiro atoms. The van der Waals surface area contributed by atoms with Crippen molar-refractivity contribution in [2.24, 2.45) is 0 Å². The average Bonchev–Trinajstić information content (AvgIpc) is 2.86. The van der Waals surface area contributed by atoms with Gasteiger partial charge in [0.1, 0.15) is 0 Å². The van der Waals surface area contributed by atoms with Crippen molar-refractivity contribution >= 4 is 50.5 Å². The van der Waals surface area contributed by atoms with E-state index in [1.54, 1.807) is 97.1 Å². The number of carbonyl (C=O) groups excluding carboxylic acids is 1. The maximum Gasteiger partial charge on any atom is 0.264 e. The van der Waals surface area contributed by atoms with E-state index in [0.29, 0.717) is 27.0 Å². The molecule has 0 saturated carbocycles. The molecule has 1 N–H and O–H groups in total. The van der Waals surface area contributed by atoms with Gasteiger partial charge in [0, 0.05) is 10.6 Å². The molecule has 0 radical (unpaired) electrons. The zero-order valence-corrected chi connectivity index (χ0v) is 20.2. The van der Waals surface area contributed by atoms with Gasteiger partial charge in [0.2, 0.25) is 0 Å². The van der Waals surface area contributed by atoms with E-state index in [-0.39, 0.29) is 17.3 Å². The van der Waals surface area contributed by atoms with Crippen molar-refractivity contribution in [3.63, 3.8) is 0 Å². The highest BCUT2D eigenvalue weighted by molar-refractivity contribution is 7.92. The Kier molecular flexibility index (Phi) is 7.22. The number of carbonyl (C=O) groups is 1. The van der Waals surface area contributed by atoms with Crippen molar-refractivity contribution in [3.8, 4) is 0 Å². The summed E-state index contributed by atoms with van der Waals surface area (Å²) in [5.74, 6) is -0.354. The Morgan fingerprint density at radius 1 is 0.794 bits per heavy atom. The number of nitrogens with one attached hydrogen (secondary N) is 1. The Balaban J connectivity index is 1.58. The van der Waals surface area contributed by atoms with Crippen molar-refractivity contribution < 1.29 is 13.2 Å². The van der Waals surface area contributed by atoms with Crippen LogP contribution in [0, 0.1) is 0 Å². The van der Waals surface area contributed by atoms with E-state index in [1.807, 2.05) is 6.07 Å². The monoisotopic (exact) mass is 510 g/mol. The van der Waals surface area contributed by atoms with Gasteiger partial charge >= 0.3 is 0 Å². The van der Waals surface area contributed by atoms with Crippen LogP contribution in [0.5, 0.6) is 0 Å². The molecule has 0 aliphatic heterocycles. The molecule has 0 bridgehead atoms. The summed E-state index contributed by atoms with van der Waals surface area (Å²) < 4.78 is 28.2. The summed E-state index contributed by atoms with van der Waals surface area (Å²) in [7, 11) is -3.80. The molecule has 0 fully saturated rings. The molecular formula is C26H20Cl2N2O3S. The molecule has 0 atom stereocenters.